The normalized spacial score (nSPS) is 11.9. The van der Waals surface area contributed by atoms with Gasteiger partial charge >= 0.3 is 0 Å². The molecular weight excluding hydrogens is 552 g/mol. The first-order chi connectivity index (χ1) is 21.5. The number of benzene rings is 2. The van der Waals surface area contributed by atoms with Gasteiger partial charge in [-0.3, -0.25) is 0 Å². The van der Waals surface area contributed by atoms with Crippen LogP contribution in [0.3, 0.4) is 0 Å². The predicted octanol–water partition coefficient (Wildman–Crippen LogP) is 8.02. The van der Waals surface area contributed by atoms with Gasteiger partial charge in [0, 0.05) is 45.3 Å². The van der Waals surface area contributed by atoms with E-state index < -0.39 is 0 Å². The minimum atomic E-state index is 0.698. The molecule has 2 N–H and O–H groups in total. The molecule has 0 spiro atoms. The van der Waals surface area contributed by atoms with E-state index in [1.54, 1.807) is 28.4 Å². The van der Waals surface area contributed by atoms with E-state index in [1.807, 2.05) is 85.0 Å². The van der Waals surface area contributed by atoms with Gasteiger partial charge in [-0.1, -0.05) is 0 Å². The van der Waals surface area contributed by atoms with Crippen LogP contribution in [0.4, 0.5) is 0 Å². The van der Waals surface area contributed by atoms with E-state index >= 15 is 0 Å². The highest BCUT2D eigenvalue weighted by Crippen LogP contribution is 2.37. The quantitative estimate of drug-likeness (QED) is 0.206. The lowest BCUT2D eigenvalue weighted by Gasteiger charge is -2.10. The molecule has 0 radical (unpaired) electrons. The average Bonchev–Trinajstić information content (AvgIpc) is 3.87. The Hall–Kier alpha value is -5.76. The monoisotopic (exact) mass is 582 g/mol. The van der Waals surface area contributed by atoms with Gasteiger partial charge in [0.1, 0.15) is 23.0 Å². The van der Waals surface area contributed by atoms with Crippen LogP contribution in [0.25, 0.3) is 68.6 Å². The minimum absolute atomic E-state index is 0.698. The summed E-state index contributed by atoms with van der Waals surface area (Å²) in [5.74, 6) is 2.79. The first kappa shape index (κ1) is 27.1. The first-order valence-electron chi connectivity index (χ1n) is 14.1. The summed E-state index contributed by atoms with van der Waals surface area (Å²) in [4.78, 5) is 17.2. The van der Waals surface area contributed by atoms with Crippen LogP contribution in [0.1, 0.15) is 22.8 Å². The summed E-state index contributed by atoms with van der Waals surface area (Å²) >= 11 is 0. The van der Waals surface area contributed by atoms with Crippen molar-refractivity contribution < 1.29 is 18.9 Å². The molecule has 2 aliphatic rings. The van der Waals surface area contributed by atoms with Gasteiger partial charge in [-0.25, -0.2) is 9.97 Å². The Bertz CT molecular complexity index is 1940. The maximum Gasteiger partial charge on any atom is 0.123 e. The number of fused-ring (bicyclic) bond motifs is 8. The molecule has 0 saturated heterocycles. The summed E-state index contributed by atoms with van der Waals surface area (Å²) in [5.41, 5.74) is 10.6. The van der Waals surface area contributed by atoms with E-state index in [0.717, 1.165) is 67.1 Å². The number of ether oxygens (including phenoxy) is 4. The molecule has 2 aromatic carbocycles. The number of nitrogens with zero attached hydrogens (tertiary/aromatic N) is 2. The van der Waals surface area contributed by atoms with Crippen LogP contribution in [-0.4, -0.2) is 48.4 Å². The van der Waals surface area contributed by atoms with E-state index in [-0.39, 0.29) is 0 Å². The van der Waals surface area contributed by atoms with E-state index in [2.05, 4.69) is 22.1 Å². The van der Waals surface area contributed by atoms with Gasteiger partial charge < -0.3 is 28.9 Å². The zero-order chi connectivity index (χ0) is 30.2. The summed E-state index contributed by atoms with van der Waals surface area (Å²) in [5, 5.41) is 0. The van der Waals surface area contributed by atoms with Gasteiger partial charge in [-0.15, -0.1) is 0 Å². The SMILES string of the molecule is COc1cc(OC)cc(-c2c3nc(cc4ccc([nH]4)c(-c4cc(OC)cc(OC)c4)c4nc(cc5ccc2[nH]5)C=C4)C=C3)c1. The summed E-state index contributed by atoms with van der Waals surface area (Å²) in [6, 6.07) is 24.0. The minimum Gasteiger partial charge on any atom is -0.497 e. The number of hydrogen-bond donors (Lipinski definition) is 2. The Morgan fingerprint density at radius 1 is 0.455 bits per heavy atom. The maximum atomic E-state index is 5.59. The first-order valence-corrected chi connectivity index (χ1v) is 14.1. The number of rotatable bonds is 6. The van der Waals surface area contributed by atoms with Crippen LogP contribution in [0.15, 0.2) is 72.8 Å². The van der Waals surface area contributed by atoms with Crippen LogP contribution in [0, 0.1) is 0 Å². The summed E-state index contributed by atoms with van der Waals surface area (Å²) in [7, 11) is 6.60. The van der Waals surface area contributed by atoms with Crippen molar-refractivity contribution in [3.05, 3.63) is 95.6 Å². The standard InChI is InChI=1S/C36H30N4O4/c1-41-27-13-21(14-28(19-27)42-2)35-31-9-5-23(37-31)17-25-7-11-33(39-25)36(22-15-29(43-3)20-30(16-22)44-4)34-12-8-26(40-34)18-24-6-10-32(35)38-24/h5-20,37,40H,1-4H3. The molecule has 8 nitrogen and oxygen atoms in total. The van der Waals surface area contributed by atoms with Crippen LogP contribution in [-0.2, 0) is 0 Å². The molecule has 5 aromatic rings. The molecule has 0 unspecified atom stereocenters. The number of H-pyrrole nitrogens is 2. The van der Waals surface area contributed by atoms with Crippen LogP contribution in [0.2, 0.25) is 0 Å². The molecule has 44 heavy (non-hydrogen) atoms. The summed E-state index contributed by atoms with van der Waals surface area (Å²) in [6.45, 7) is 0. The topological polar surface area (TPSA) is 94.3 Å². The van der Waals surface area contributed by atoms with E-state index in [9.17, 15) is 0 Å². The van der Waals surface area contributed by atoms with Gasteiger partial charge in [0.05, 0.1) is 51.2 Å². The smallest absolute Gasteiger partial charge is 0.123 e. The third kappa shape index (κ3) is 5.07. The fraction of sp³-hybridized carbons (Fsp3) is 0.111. The second-order valence-electron chi connectivity index (χ2n) is 10.4. The molecule has 0 aliphatic carbocycles. The van der Waals surface area contributed by atoms with Crippen molar-refractivity contribution in [2.45, 2.75) is 0 Å². The van der Waals surface area contributed by atoms with Crippen molar-refractivity contribution in [2.75, 3.05) is 28.4 Å². The zero-order valence-corrected chi connectivity index (χ0v) is 24.8. The average molecular weight is 583 g/mol. The molecule has 3 aromatic heterocycles. The maximum absolute atomic E-state index is 5.59. The Balaban J connectivity index is 1.54. The summed E-state index contributed by atoms with van der Waals surface area (Å²) in [6.07, 6.45) is 8.10. The number of methoxy groups -OCH3 is 4. The van der Waals surface area contributed by atoms with Gasteiger partial charge in [0.25, 0.3) is 0 Å². The Kier molecular flexibility index (Phi) is 6.86. The lowest BCUT2D eigenvalue weighted by molar-refractivity contribution is 0.394. The predicted molar refractivity (Wildman–Crippen MR) is 176 cm³/mol. The van der Waals surface area contributed by atoms with Crippen molar-refractivity contribution in [3.63, 3.8) is 0 Å². The molecule has 0 saturated carbocycles. The van der Waals surface area contributed by atoms with E-state index in [4.69, 9.17) is 28.9 Å². The second-order valence-corrected chi connectivity index (χ2v) is 10.4. The lowest BCUT2D eigenvalue weighted by Crippen LogP contribution is -1.91. The van der Waals surface area contributed by atoms with Gasteiger partial charge in [0.2, 0.25) is 0 Å². The number of hydrogen-bond acceptors (Lipinski definition) is 6. The Labute approximate surface area is 254 Å². The number of aromatic amines is 2. The van der Waals surface area contributed by atoms with Crippen molar-refractivity contribution in [3.8, 4) is 45.3 Å². The molecular formula is C36H30N4O4. The molecule has 0 fully saturated rings. The second kappa shape index (κ2) is 11.1. The molecule has 218 valence electrons. The lowest BCUT2D eigenvalue weighted by atomic mass is 10.0. The van der Waals surface area contributed by atoms with Gasteiger partial charge in [-0.05, 0) is 96.1 Å². The van der Waals surface area contributed by atoms with Crippen molar-refractivity contribution in [1.82, 2.24) is 19.9 Å². The molecule has 8 bridgehead atoms. The summed E-state index contributed by atoms with van der Waals surface area (Å²) < 4.78 is 22.4. The molecule has 5 heterocycles. The molecule has 0 atom stereocenters. The van der Waals surface area contributed by atoms with E-state index in [1.165, 1.54) is 0 Å². The van der Waals surface area contributed by atoms with Crippen LogP contribution >= 0.6 is 0 Å². The highest BCUT2D eigenvalue weighted by molar-refractivity contribution is 5.93. The molecule has 8 heteroatoms. The van der Waals surface area contributed by atoms with Crippen molar-refractivity contribution in [1.29, 1.82) is 0 Å². The zero-order valence-electron chi connectivity index (χ0n) is 24.8. The molecule has 2 aliphatic heterocycles. The Morgan fingerprint density at radius 2 is 0.841 bits per heavy atom. The van der Waals surface area contributed by atoms with Crippen molar-refractivity contribution in [2.24, 2.45) is 0 Å². The van der Waals surface area contributed by atoms with Crippen molar-refractivity contribution >= 4 is 46.4 Å². The fourth-order valence-electron chi connectivity index (χ4n) is 5.58. The molecule has 7 rings (SSSR count). The Morgan fingerprint density at radius 3 is 1.20 bits per heavy atom. The van der Waals surface area contributed by atoms with E-state index in [0.29, 0.717) is 23.0 Å². The fourth-order valence-corrected chi connectivity index (χ4v) is 5.58. The third-order valence-corrected chi connectivity index (χ3v) is 7.68. The van der Waals surface area contributed by atoms with Crippen LogP contribution < -0.4 is 18.9 Å². The highest BCUT2D eigenvalue weighted by atomic mass is 16.5. The third-order valence-electron chi connectivity index (χ3n) is 7.68. The van der Waals surface area contributed by atoms with Gasteiger partial charge in [0.15, 0.2) is 0 Å². The number of nitrogens with one attached hydrogen (secondary N) is 2. The largest absolute Gasteiger partial charge is 0.497 e. The van der Waals surface area contributed by atoms with Crippen LogP contribution in [0.5, 0.6) is 23.0 Å². The van der Waals surface area contributed by atoms with Gasteiger partial charge in [-0.2, -0.15) is 0 Å². The molecule has 0 amide bonds. The highest BCUT2D eigenvalue weighted by Gasteiger charge is 2.16. The number of aromatic nitrogens is 4.